The number of hydrogen-bond acceptors (Lipinski definition) is 0. The van der Waals surface area contributed by atoms with Crippen molar-refractivity contribution in [1.82, 2.24) is 0 Å². The first-order valence-electron chi connectivity index (χ1n) is 15.4. The third-order valence-corrected chi connectivity index (χ3v) is 9.16. The molecule has 1 atom stereocenters. The van der Waals surface area contributed by atoms with Gasteiger partial charge in [-0.05, 0) is 141 Å². The van der Waals surface area contributed by atoms with Gasteiger partial charge in [0.25, 0.3) is 0 Å². The molecule has 0 aromatic heterocycles. The highest BCUT2D eigenvalue weighted by atomic mass is 14.2. The first kappa shape index (κ1) is 25.8. The molecule has 0 nitrogen and oxygen atoms in total. The SMILES string of the molecule is C=CCC1CC=C(c2c3c(c(-c4cc(C5=CCCC=C5)cc(-c5ccccc5)c4)c4ccccc24)=CCCC=3)CC1. The normalized spacial score (nSPS) is 18.1. The van der Waals surface area contributed by atoms with Crippen molar-refractivity contribution >= 4 is 34.1 Å². The molecule has 0 heteroatoms. The summed E-state index contributed by atoms with van der Waals surface area (Å²) < 4.78 is 0. The molecule has 0 heterocycles. The summed E-state index contributed by atoms with van der Waals surface area (Å²) in [5, 5.41) is 5.63. The predicted octanol–water partition coefficient (Wildman–Crippen LogP) is 10.0. The minimum absolute atomic E-state index is 0.732. The van der Waals surface area contributed by atoms with Gasteiger partial charge in [0.1, 0.15) is 0 Å². The van der Waals surface area contributed by atoms with E-state index in [-0.39, 0.29) is 0 Å². The van der Waals surface area contributed by atoms with Crippen LogP contribution in [0.5, 0.6) is 0 Å². The van der Waals surface area contributed by atoms with Gasteiger partial charge in [-0.1, -0.05) is 97.1 Å². The second-order valence-electron chi connectivity index (χ2n) is 11.8. The minimum atomic E-state index is 0.732. The Morgan fingerprint density at radius 2 is 1.34 bits per heavy atom. The zero-order valence-electron chi connectivity index (χ0n) is 23.9. The molecule has 0 radical (unpaired) electrons. The Morgan fingerprint density at radius 1 is 0.659 bits per heavy atom. The van der Waals surface area contributed by atoms with Crippen molar-refractivity contribution in [2.75, 3.05) is 0 Å². The van der Waals surface area contributed by atoms with Crippen LogP contribution < -0.4 is 10.4 Å². The van der Waals surface area contributed by atoms with Gasteiger partial charge >= 0.3 is 0 Å². The molecule has 3 aliphatic carbocycles. The third-order valence-electron chi connectivity index (χ3n) is 9.16. The summed E-state index contributed by atoms with van der Waals surface area (Å²) in [5.74, 6) is 0.732. The molecule has 0 saturated carbocycles. The van der Waals surface area contributed by atoms with Crippen LogP contribution in [0.4, 0.5) is 0 Å². The van der Waals surface area contributed by atoms with E-state index in [1.54, 1.807) is 0 Å². The van der Waals surface area contributed by atoms with E-state index in [2.05, 4.69) is 122 Å². The second kappa shape index (κ2) is 11.4. The summed E-state index contributed by atoms with van der Waals surface area (Å²) in [6.07, 6.45) is 25.8. The molecular formula is C41H38. The average Bonchev–Trinajstić information content (AvgIpc) is 3.05. The highest BCUT2D eigenvalue weighted by Gasteiger charge is 2.21. The molecule has 0 fully saturated rings. The van der Waals surface area contributed by atoms with E-state index < -0.39 is 0 Å². The van der Waals surface area contributed by atoms with Crippen molar-refractivity contribution < 1.29 is 0 Å². The van der Waals surface area contributed by atoms with Crippen molar-refractivity contribution in [2.24, 2.45) is 5.92 Å². The van der Waals surface area contributed by atoms with Crippen molar-refractivity contribution in [1.29, 1.82) is 0 Å². The summed E-state index contributed by atoms with van der Waals surface area (Å²) in [7, 11) is 0. The van der Waals surface area contributed by atoms with Crippen molar-refractivity contribution in [3.63, 3.8) is 0 Å². The molecule has 4 aromatic rings. The van der Waals surface area contributed by atoms with Gasteiger partial charge in [-0.15, -0.1) is 6.58 Å². The lowest BCUT2D eigenvalue weighted by molar-refractivity contribution is 0.492. The molecule has 0 saturated heterocycles. The lowest BCUT2D eigenvalue weighted by Crippen LogP contribution is -2.33. The largest absolute Gasteiger partial charge is 0.103 e. The maximum atomic E-state index is 3.99. The van der Waals surface area contributed by atoms with E-state index in [1.165, 1.54) is 72.2 Å². The van der Waals surface area contributed by atoms with E-state index in [9.17, 15) is 0 Å². The van der Waals surface area contributed by atoms with Crippen molar-refractivity contribution in [3.05, 3.63) is 131 Å². The molecule has 0 N–H and O–H groups in total. The smallest absolute Gasteiger partial charge is 0.00293 e. The minimum Gasteiger partial charge on any atom is -0.103 e. The fraction of sp³-hybridized carbons (Fsp3) is 0.220. The van der Waals surface area contributed by atoms with Crippen LogP contribution in [0.1, 0.15) is 62.5 Å². The Balaban J connectivity index is 1.50. The molecule has 202 valence electrons. The van der Waals surface area contributed by atoms with Crippen LogP contribution in [0.2, 0.25) is 0 Å². The monoisotopic (exact) mass is 530 g/mol. The van der Waals surface area contributed by atoms with Gasteiger partial charge in [-0.3, -0.25) is 0 Å². The summed E-state index contributed by atoms with van der Waals surface area (Å²) >= 11 is 0. The van der Waals surface area contributed by atoms with E-state index in [0.29, 0.717) is 0 Å². The number of rotatable bonds is 6. The van der Waals surface area contributed by atoms with Crippen LogP contribution in [0.15, 0.2) is 110 Å². The van der Waals surface area contributed by atoms with Crippen molar-refractivity contribution in [3.8, 4) is 22.3 Å². The van der Waals surface area contributed by atoms with Gasteiger partial charge in [-0.25, -0.2) is 0 Å². The highest BCUT2D eigenvalue weighted by Crippen LogP contribution is 2.38. The molecule has 1 unspecified atom stereocenters. The number of fused-ring (bicyclic) bond motifs is 2. The maximum absolute atomic E-state index is 3.99. The molecule has 0 aliphatic heterocycles. The zero-order valence-corrected chi connectivity index (χ0v) is 23.9. The zero-order chi connectivity index (χ0) is 27.6. The molecule has 0 bridgehead atoms. The highest BCUT2D eigenvalue weighted by molar-refractivity contribution is 6.04. The second-order valence-corrected chi connectivity index (χ2v) is 11.8. The molecular weight excluding hydrogens is 492 g/mol. The standard InChI is InChI=1S/C41H38/c1-2-13-29-22-24-32(25-23-29)40-36-18-9-11-20-38(36)41(39-21-12-10-19-37(39)40)35-27-33(30-14-5-3-6-15-30)26-34(28-35)31-16-7-4-8-17-31/h2-3,5-7,9,11,14-21,24,26-29H,1,4,8,10,12-13,22-23,25H2. The van der Waals surface area contributed by atoms with E-state index >= 15 is 0 Å². The van der Waals surface area contributed by atoms with E-state index in [0.717, 1.165) is 50.9 Å². The Morgan fingerprint density at radius 3 is 2.05 bits per heavy atom. The Labute approximate surface area is 244 Å². The third kappa shape index (κ3) is 4.97. The van der Waals surface area contributed by atoms with Crippen LogP contribution in [0.3, 0.4) is 0 Å². The van der Waals surface area contributed by atoms with Crippen LogP contribution in [-0.4, -0.2) is 0 Å². The summed E-state index contributed by atoms with van der Waals surface area (Å²) in [6.45, 7) is 3.99. The maximum Gasteiger partial charge on any atom is -0.00293 e. The van der Waals surface area contributed by atoms with Gasteiger partial charge in [0, 0.05) is 0 Å². The quantitative estimate of drug-likeness (QED) is 0.218. The van der Waals surface area contributed by atoms with Gasteiger partial charge in [-0.2, -0.15) is 0 Å². The Bertz CT molecular complexity index is 1840. The number of allylic oxidation sites excluding steroid dienone is 7. The first-order chi connectivity index (χ1) is 20.3. The fourth-order valence-electron chi connectivity index (χ4n) is 7.14. The topological polar surface area (TPSA) is 0 Å². The summed E-state index contributed by atoms with van der Waals surface area (Å²) in [4.78, 5) is 0. The van der Waals surface area contributed by atoms with Crippen LogP contribution in [0, 0.1) is 5.92 Å². The van der Waals surface area contributed by atoms with E-state index in [1.807, 2.05) is 0 Å². The summed E-state index contributed by atoms with van der Waals surface area (Å²) in [6, 6.07) is 27.3. The fourth-order valence-corrected chi connectivity index (χ4v) is 7.14. The molecule has 4 aromatic carbocycles. The Hall–Kier alpha value is -4.16. The lowest BCUT2D eigenvalue weighted by Gasteiger charge is -2.24. The molecule has 7 rings (SSSR count). The van der Waals surface area contributed by atoms with Crippen LogP contribution >= 0.6 is 0 Å². The summed E-state index contributed by atoms with van der Waals surface area (Å²) in [5.41, 5.74) is 10.9. The molecule has 3 aliphatic rings. The van der Waals surface area contributed by atoms with Gasteiger partial charge < -0.3 is 0 Å². The molecule has 41 heavy (non-hydrogen) atoms. The van der Waals surface area contributed by atoms with Gasteiger partial charge in [0.2, 0.25) is 0 Å². The first-order valence-corrected chi connectivity index (χ1v) is 15.4. The van der Waals surface area contributed by atoms with Gasteiger partial charge in [0.05, 0.1) is 0 Å². The average molecular weight is 531 g/mol. The predicted molar refractivity (Wildman–Crippen MR) is 179 cm³/mol. The van der Waals surface area contributed by atoms with Gasteiger partial charge in [0.15, 0.2) is 0 Å². The van der Waals surface area contributed by atoms with Crippen LogP contribution in [-0.2, 0) is 0 Å². The number of hydrogen-bond donors (Lipinski definition) is 0. The number of benzene rings is 4. The van der Waals surface area contributed by atoms with Crippen molar-refractivity contribution in [2.45, 2.75) is 51.4 Å². The Kier molecular flexibility index (Phi) is 7.15. The van der Waals surface area contributed by atoms with Crippen LogP contribution in [0.25, 0.3) is 56.3 Å². The molecule has 0 spiro atoms. The lowest BCUT2D eigenvalue weighted by atomic mass is 9.80. The van der Waals surface area contributed by atoms with E-state index in [4.69, 9.17) is 0 Å². The molecule has 0 amide bonds.